The molecule has 0 aliphatic rings. The van der Waals surface area contributed by atoms with Crippen molar-refractivity contribution in [1.82, 2.24) is 0 Å². The minimum absolute atomic E-state index is 0.110. The van der Waals surface area contributed by atoms with Crippen LogP contribution in [0.4, 0.5) is 0 Å². The average molecular weight is 1010 g/mol. The highest BCUT2D eigenvalue weighted by Gasteiger charge is 2.19. The number of ether oxygens (including phenoxy) is 3. The molecule has 0 saturated heterocycles. The topological polar surface area (TPSA) is 78.9 Å². The van der Waals surface area contributed by atoms with E-state index in [0.717, 1.165) is 116 Å². The second kappa shape index (κ2) is 60.1. The van der Waals surface area contributed by atoms with Crippen molar-refractivity contribution in [3.63, 3.8) is 0 Å². The molecule has 1 unspecified atom stereocenters. The highest BCUT2D eigenvalue weighted by molar-refractivity contribution is 5.71. The summed E-state index contributed by atoms with van der Waals surface area (Å²) in [6, 6.07) is 0. The van der Waals surface area contributed by atoms with Crippen LogP contribution in [0.1, 0.15) is 252 Å². The van der Waals surface area contributed by atoms with E-state index in [4.69, 9.17) is 14.2 Å². The molecule has 0 bridgehead atoms. The summed E-state index contributed by atoms with van der Waals surface area (Å²) in [5, 5.41) is 0. The molecule has 6 heteroatoms. The van der Waals surface area contributed by atoms with Crippen LogP contribution in [0.15, 0.2) is 134 Å². The first kappa shape index (κ1) is 68.6. The number of allylic oxidation sites excluding steroid dienone is 22. The summed E-state index contributed by atoms with van der Waals surface area (Å²) in [6.45, 7) is 6.31. The molecule has 0 aromatic carbocycles. The second-order valence-corrected chi connectivity index (χ2v) is 19.1. The molecule has 0 N–H and O–H groups in total. The monoisotopic (exact) mass is 1010 g/mol. The van der Waals surface area contributed by atoms with Gasteiger partial charge in [-0.05, 0) is 122 Å². The third-order valence-electron chi connectivity index (χ3n) is 12.1. The van der Waals surface area contributed by atoms with Crippen LogP contribution in [0.2, 0.25) is 0 Å². The van der Waals surface area contributed by atoms with Crippen molar-refractivity contribution >= 4 is 17.9 Å². The summed E-state index contributed by atoms with van der Waals surface area (Å²) in [6.07, 6.45) is 84.6. The third kappa shape index (κ3) is 58.3. The van der Waals surface area contributed by atoms with Crippen LogP contribution < -0.4 is 0 Å². The van der Waals surface area contributed by atoms with Gasteiger partial charge in [0.1, 0.15) is 13.2 Å². The van der Waals surface area contributed by atoms with Crippen molar-refractivity contribution < 1.29 is 28.6 Å². The van der Waals surface area contributed by atoms with Crippen LogP contribution in [0.25, 0.3) is 0 Å². The van der Waals surface area contributed by atoms with Crippen LogP contribution in [0.5, 0.6) is 0 Å². The highest BCUT2D eigenvalue weighted by Crippen LogP contribution is 2.14. The van der Waals surface area contributed by atoms with Crippen LogP contribution in [0, 0.1) is 0 Å². The molecule has 0 saturated carbocycles. The van der Waals surface area contributed by atoms with E-state index in [1.165, 1.54) is 89.9 Å². The Bertz CT molecular complexity index is 1580. The first-order chi connectivity index (χ1) is 36.0. The number of carbonyl (C=O) groups is 3. The Labute approximate surface area is 449 Å². The molecule has 0 fully saturated rings. The SMILES string of the molecule is CC/C=C\C/C=C\C/C=C\C/C=C\C/C=C\CCCCCCCCCCCC(=O)OCC(COC(=O)CC/C=C\C/C=C\C/C=C\C/C=C\CC)OC(=O)CCCCCCCCC/C=C\C/C=C\CCCCC. The maximum absolute atomic E-state index is 12.9. The second-order valence-electron chi connectivity index (χ2n) is 19.1. The lowest BCUT2D eigenvalue weighted by atomic mass is 10.1. The average Bonchev–Trinajstić information content (AvgIpc) is 3.39. The summed E-state index contributed by atoms with van der Waals surface area (Å²) < 4.78 is 16.8. The van der Waals surface area contributed by atoms with Gasteiger partial charge in [0.2, 0.25) is 0 Å². The van der Waals surface area contributed by atoms with E-state index < -0.39 is 6.10 Å². The number of hydrogen-bond acceptors (Lipinski definition) is 6. The molecule has 0 aliphatic carbocycles. The third-order valence-corrected chi connectivity index (χ3v) is 12.1. The molecule has 0 heterocycles. The van der Waals surface area contributed by atoms with Gasteiger partial charge < -0.3 is 14.2 Å². The molecule has 0 aromatic heterocycles. The summed E-state index contributed by atoms with van der Waals surface area (Å²) in [5.41, 5.74) is 0. The molecule has 0 radical (unpaired) electrons. The number of hydrogen-bond donors (Lipinski definition) is 0. The van der Waals surface area contributed by atoms with Gasteiger partial charge in [-0.15, -0.1) is 0 Å². The van der Waals surface area contributed by atoms with Gasteiger partial charge >= 0.3 is 17.9 Å². The Hall–Kier alpha value is -4.45. The van der Waals surface area contributed by atoms with E-state index >= 15 is 0 Å². The molecule has 6 nitrogen and oxygen atoms in total. The minimum Gasteiger partial charge on any atom is -0.462 e. The molecule has 0 amide bonds. The summed E-state index contributed by atoms with van der Waals surface area (Å²) in [5.74, 6) is -1.01. The van der Waals surface area contributed by atoms with Crippen LogP contribution in [-0.2, 0) is 28.6 Å². The van der Waals surface area contributed by atoms with Gasteiger partial charge in [0.05, 0.1) is 0 Å². The Balaban J connectivity index is 4.41. The van der Waals surface area contributed by atoms with Gasteiger partial charge in [-0.2, -0.15) is 0 Å². The molecule has 1 atom stereocenters. The van der Waals surface area contributed by atoms with Crippen molar-refractivity contribution in [3.8, 4) is 0 Å². The lowest BCUT2D eigenvalue weighted by Gasteiger charge is -2.18. The Morgan fingerprint density at radius 1 is 0.288 bits per heavy atom. The van der Waals surface area contributed by atoms with Crippen molar-refractivity contribution in [2.24, 2.45) is 0 Å². The number of unbranched alkanes of at least 4 members (excludes halogenated alkanes) is 19. The fourth-order valence-corrected chi connectivity index (χ4v) is 7.75. The van der Waals surface area contributed by atoms with Crippen LogP contribution in [0.3, 0.4) is 0 Å². The van der Waals surface area contributed by atoms with E-state index in [0.29, 0.717) is 19.3 Å². The van der Waals surface area contributed by atoms with Gasteiger partial charge in [0.25, 0.3) is 0 Å². The van der Waals surface area contributed by atoms with Crippen molar-refractivity contribution in [1.29, 1.82) is 0 Å². The van der Waals surface area contributed by atoms with Crippen LogP contribution in [-0.4, -0.2) is 37.2 Å². The smallest absolute Gasteiger partial charge is 0.306 e. The Morgan fingerprint density at radius 2 is 0.562 bits per heavy atom. The van der Waals surface area contributed by atoms with E-state index in [-0.39, 0.29) is 37.5 Å². The fourth-order valence-electron chi connectivity index (χ4n) is 7.75. The summed E-state index contributed by atoms with van der Waals surface area (Å²) in [4.78, 5) is 38.2. The Morgan fingerprint density at radius 3 is 0.918 bits per heavy atom. The van der Waals surface area contributed by atoms with Gasteiger partial charge in [-0.1, -0.05) is 244 Å². The fraction of sp³-hybridized carbons (Fsp3) is 0.627. The van der Waals surface area contributed by atoms with Crippen LogP contribution >= 0.6 is 0 Å². The highest BCUT2D eigenvalue weighted by atomic mass is 16.6. The van der Waals surface area contributed by atoms with Gasteiger partial charge in [0.15, 0.2) is 6.10 Å². The van der Waals surface area contributed by atoms with E-state index in [1.54, 1.807) is 0 Å². The molecular weight excluding hydrogens is 901 g/mol. The van der Waals surface area contributed by atoms with Crippen molar-refractivity contribution in [2.45, 2.75) is 258 Å². The molecule has 412 valence electrons. The first-order valence-corrected chi connectivity index (χ1v) is 29.7. The molecular formula is C67H108O6. The first-order valence-electron chi connectivity index (χ1n) is 29.7. The Kier molecular flexibility index (Phi) is 56.4. The van der Waals surface area contributed by atoms with E-state index in [1.807, 2.05) is 12.2 Å². The lowest BCUT2D eigenvalue weighted by Crippen LogP contribution is -2.30. The lowest BCUT2D eigenvalue weighted by molar-refractivity contribution is -0.166. The zero-order valence-electron chi connectivity index (χ0n) is 47.1. The van der Waals surface area contributed by atoms with Gasteiger partial charge in [-0.25, -0.2) is 0 Å². The maximum atomic E-state index is 12.9. The molecule has 73 heavy (non-hydrogen) atoms. The standard InChI is InChI=1S/C67H108O6/c1-4-7-10-13-16-19-22-25-27-29-30-31-32-33-34-35-36-38-39-42-45-48-51-54-57-60-66(69)72-63-64(62-71-65(68)59-56-53-50-47-44-41-24-21-18-15-12-9-6-3)73-67(70)61-58-55-52-49-46-43-40-37-28-26-23-20-17-14-11-8-5-2/h7,9-10,12,16-21,25-28,30-31,33-34,41,44,50,53,64H,4-6,8,11,13-15,22-24,29,32,35-40,42-43,45-49,51-52,54-63H2,1-3H3/b10-7-,12-9-,19-16-,20-17-,21-18-,27-25-,28-26-,31-30-,34-33-,44-41-,53-50-. The molecule has 0 aromatic rings. The van der Waals surface area contributed by atoms with Crippen molar-refractivity contribution in [3.05, 3.63) is 134 Å². The maximum Gasteiger partial charge on any atom is 0.306 e. The van der Waals surface area contributed by atoms with E-state index in [9.17, 15) is 14.4 Å². The normalized spacial score (nSPS) is 13.1. The quantitative estimate of drug-likeness (QED) is 0.0261. The molecule has 0 spiro atoms. The zero-order chi connectivity index (χ0) is 52.9. The van der Waals surface area contributed by atoms with Gasteiger partial charge in [-0.3, -0.25) is 14.4 Å². The molecule has 0 aliphatic heterocycles. The number of carbonyl (C=O) groups excluding carboxylic acids is 3. The summed E-state index contributed by atoms with van der Waals surface area (Å²) in [7, 11) is 0. The molecule has 0 rings (SSSR count). The zero-order valence-corrected chi connectivity index (χ0v) is 47.1. The number of esters is 3. The predicted octanol–water partition coefficient (Wildman–Crippen LogP) is 20.2. The predicted molar refractivity (Wildman–Crippen MR) is 316 cm³/mol. The minimum atomic E-state index is -0.819. The van der Waals surface area contributed by atoms with Gasteiger partial charge in [0, 0.05) is 19.3 Å². The van der Waals surface area contributed by atoms with E-state index in [2.05, 4.69) is 142 Å². The summed E-state index contributed by atoms with van der Waals surface area (Å²) >= 11 is 0. The largest absolute Gasteiger partial charge is 0.462 e. The number of rotatable bonds is 52. The van der Waals surface area contributed by atoms with Crippen molar-refractivity contribution in [2.75, 3.05) is 13.2 Å².